The normalized spacial score (nSPS) is 16.7. The van der Waals surface area contributed by atoms with E-state index in [1.54, 1.807) is 48.5 Å². The molecule has 0 aromatic heterocycles. The lowest BCUT2D eigenvalue weighted by molar-refractivity contribution is -0.121. The summed E-state index contributed by atoms with van der Waals surface area (Å²) in [6, 6.07) is 19.9. The van der Waals surface area contributed by atoms with Crippen LogP contribution in [0.3, 0.4) is 0 Å². The van der Waals surface area contributed by atoms with Crippen LogP contribution in [0.4, 0.5) is 11.4 Å². The average molecular weight is 491 g/mol. The molecule has 0 bridgehead atoms. The number of carbonyl (C=O) groups excluding carboxylic acids is 2. The average Bonchev–Trinajstić information content (AvgIpc) is 3.15. The maximum absolute atomic E-state index is 13.2. The quantitative estimate of drug-likeness (QED) is 0.340. The number of anilines is 2. The number of hydrogen-bond acceptors (Lipinski definition) is 8. The third-order valence-electron chi connectivity index (χ3n) is 5.00. The molecule has 2 amide bonds. The molecule has 3 aromatic rings. The van der Waals surface area contributed by atoms with Crippen LogP contribution < -0.4 is 15.0 Å². The fourth-order valence-electron chi connectivity index (χ4n) is 3.36. The van der Waals surface area contributed by atoms with E-state index in [1.807, 2.05) is 6.07 Å². The van der Waals surface area contributed by atoms with Crippen LogP contribution in [-0.4, -0.2) is 45.8 Å². The van der Waals surface area contributed by atoms with E-state index < -0.39 is 5.25 Å². The van der Waals surface area contributed by atoms with E-state index in [1.165, 1.54) is 36.4 Å². The Kier molecular flexibility index (Phi) is 7.32. The summed E-state index contributed by atoms with van der Waals surface area (Å²) in [5.74, 6) is -0.370. The van der Waals surface area contributed by atoms with Gasteiger partial charge in [0.15, 0.2) is 16.7 Å². The van der Waals surface area contributed by atoms with Crippen molar-refractivity contribution in [2.24, 2.45) is 10.2 Å². The molecule has 10 heteroatoms. The molecule has 3 aromatic carbocycles. The van der Waals surface area contributed by atoms with Crippen molar-refractivity contribution in [2.75, 3.05) is 17.3 Å². The van der Waals surface area contributed by atoms with Gasteiger partial charge in [-0.15, -0.1) is 5.10 Å². The highest BCUT2D eigenvalue weighted by atomic mass is 32.2. The lowest BCUT2D eigenvalue weighted by atomic mass is 10.2. The molecule has 0 aliphatic carbocycles. The maximum Gasteiger partial charge on any atom is 0.247 e. The lowest BCUT2D eigenvalue weighted by Crippen LogP contribution is -2.33. The van der Waals surface area contributed by atoms with Crippen molar-refractivity contribution in [2.45, 2.75) is 11.7 Å². The summed E-state index contributed by atoms with van der Waals surface area (Å²) in [6.45, 7) is 0. The summed E-state index contributed by atoms with van der Waals surface area (Å²) >= 11 is 1.12. The van der Waals surface area contributed by atoms with E-state index in [4.69, 9.17) is 4.74 Å². The number of benzene rings is 3. The Morgan fingerprint density at radius 1 is 1.11 bits per heavy atom. The zero-order valence-corrected chi connectivity index (χ0v) is 19.5. The minimum Gasteiger partial charge on any atom is -0.508 e. The third-order valence-corrected chi connectivity index (χ3v) is 6.13. The number of nitrogens with one attached hydrogen (secondary N) is 1. The Labute approximate surface area is 205 Å². The van der Waals surface area contributed by atoms with E-state index in [2.05, 4.69) is 15.5 Å². The summed E-state index contributed by atoms with van der Waals surface area (Å²) in [7, 11) is 1.44. The van der Waals surface area contributed by atoms with Crippen molar-refractivity contribution in [1.82, 2.24) is 0 Å². The molecule has 1 heterocycles. The SMILES string of the molecule is COc1cc(/C=N/N=C2/SC(CC(=O)Nc3ccccc3)C(=O)N2c2cccc(O)c2)ccc1O. The van der Waals surface area contributed by atoms with Gasteiger partial charge in [0.1, 0.15) is 11.0 Å². The number of amides is 2. The molecule has 3 N–H and O–H groups in total. The summed E-state index contributed by atoms with van der Waals surface area (Å²) in [5, 5.41) is 30.3. The second-order valence-corrected chi connectivity index (χ2v) is 8.65. The zero-order valence-electron chi connectivity index (χ0n) is 18.7. The number of phenolic OH excluding ortho intramolecular Hbond substituents is 2. The molecule has 1 unspecified atom stereocenters. The first kappa shape index (κ1) is 23.8. The number of aromatic hydroxyl groups is 2. The van der Waals surface area contributed by atoms with Crippen molar-refractivity contribution >= 4 is 46.3 Å². The van der Waals surface area contributed by atoms with Gasteiger partial charge in [0.05, 0.1) is 19.0 Å². The Morgan fingerprint density at radius 2 is 1.91 bits per heavy atom. The van der Waals surface area contributed by atoms with Crippen molar-refractivity contribution in [3.8, 4) is 17.2 Å². The molecular weight excluding hydrogens is 468 g/mol. The van der Waals surface area contributed by atoms with Gasteiger partial charge < -0.3 is 20.3 Å². The minimum absolute atomic E-state index is 0.000379. The summed E-state index contributed by atoms with van der Waals surface area (Å²) < 4.78 is 5.09. The first-order valence-electron chi connectivity index (χ1n) is 10.6. The number of para-hydroxylation sites is 1. The van der Waals surface area contributed by atoms with E-state index in [-0.39, 0.29) is 40.7 Å². The topological polar surface area (TPSA) is 124 Å². The Bertz CT molecular complexity index is 1300. The molecular formula is C25H22N4O5S. The number of hydrogen-bond donors (Lipinski definition) is 3. The van der Waals surface area contributed by atoms with Gasteiger partial charge in [0.2, 0.25) is 11.8 Å². The first-order valence-corrected chi connectivity index (χ1v) is 11.4. The molecule has 35 heavy (non-hydrogen) atoms. The summed E-state index contributed by atoms with van der Waals surface area (Å²) in [6.07, 6.45) is 1.39. The zero-order chi connectivity index (χ0) is 24.8. The molecule has 0 radical (unpaired) electrons. The second-order valence-electron chi connectivity index (χ2n) is 7.48. The molecule has 1 atom stereocenters. The standard InChI is InChI=1S/C25H22N4O5S/c1-34-21-12-16(10-11-20(21)31)15-26-28-25-29(18-8-5-9-19(30)13-18)24(33)22(35-25)14-23(32)27-17-6-3-2-4-7-17/h2-13,15,22,30-31H,14H2,1H3,(H,27,32)/b26-15+,28-25+. The van der Waals surface area contributed by atoms with Gasteiger partial charge in [-0.25, -0.2) is 0 Å². The van der Waals surface area contributed by atoms with Gasteiger partial charge >= 0.3 is 0 Å². The molecule has 9 nitrogen and oxygen atoms in total. The number of amidine groups is 1. The van der Waals surface area contributed by atoms with Crippen LogP contribution in [0.2, 0.25) is 0 Å². The van der Waals surface area contributed by atoms with Crippen LogP contribution in [-0.2, 0) is 9.59 Å². The number of phenols is 2. The third kappa shape index (κ3) is 5.79. The maximum atomic E-state index is 13.2. The largest absolute Gasteiger partial charge is 0.508 e. The van der Waals surface area contributed by atoms with Gasteiger partial charge in [-0.05, 0) is 48.0 Å². The van der Waals surface area contributed by atoms with E-state index in [0.717, 1.165) is 11.8 Å². The fraction of sp³-hybridized carbons (Fsp3) is 0.120. The number of ether oxygens (including phenoxy) is 1. The molecule has 1 aliphatic heterocycles. The smallest absolute Gasteiger partial charge is 0.247 e. The van der Waals surface area contributed by atoms with Gasteiger partial charge in [-0.3, -0.25) is 14.5 Å². The Balaban J connectivity index is 1.57. The number of nitrogens with zero attached hydrogens (tertiary/aromatic N) is 3. The number of carbonyl (C=O) groups is 2. The monoisotopic (exact) mass is 490 g/mol. The predicted octanol–water partition coefficient (Wildman–Crippen LogP) is 3.97. The molecule has 4 rings (SSSR count). The van der Waals surface area contributed by atoms with Crippen LogP contribution in [0.1, 0.15) is 12.0 Å². The van der Waals surface area contributed by atoms with E-state index >= 15 is 0 Å². The first-order chi connectivity index (χ1) is 16.9. The minimum atomic E-state index is -0.719. The molecule has 0 saturated carbocycles. The lowest BCUT2D eigenvalue weighted by Gasteiger charge is -2.16. The highest BCUT2D eigenvalue weighted by Gasteiger charge is 2.40. The van der Waals surface area contributed by atoms with Gasteiger partial charge in [-0.2, -0.15) is 5.10 Å². The van der Waals surface area contributed by atoms with Crippen LogP contribution >= 0.6 is 11.8 Å². The van der Waals surface area contributed by atoms with Crippen LogP contribution in [0.5, 0.6) is 17.2 Å². The number of thioether (sulfide) groups is 1. The highest BCUT2D eigenvalue weighted by Crippen LogP contribution is 2.35. The number of rotatable bonds is 7. The van der Waals surface area contributed by atoms with Crippen LogP contribution in [0, 0.1) is 0 Å². The van der Waals surface area contributed by atoms with Gasteiger partial charge in [0, 0.05) is 18.2 Å². The Morgan fingerprint density at radius 3 is 2.66 bits per heavy atom. The van der Waals surface area contributed by atoms with Crippen LogP contribution in [0.15, 0.2) is 83.0 Å². The van der Waals surface area contributed by atoms with Crippen molar-refractivity contribution < 1.29 is 24.5 Å². The molecule has 1 fully saturated rings. The van der Waals surface area contributed by atoms with Gasteiger partial charge in [-0.1, -0.05) is 36.0 Å². The van der Waals surface area contributed by atoms with Crippen molar-refractivity contribution in [3.63, 3.8) is 0 Å². The highest BCUT2D eigenvalue weighted by molar-refractivity contribution is 8.16. The number of methoxy groups -OCH3 is 1. The predicted molar refractivity (Wildman–Crippen MR) is 136 cm³/mol. The second kappa shape index (κ2) is 10.7. The van der Waals surface area contributed by atoms with Gasteiger partial charge in [0.25, 0.3) is 0 Å². The molecule has 178 valence electrons. The van der Waals surface area contributed by atoms with Crippen molar-refractivity contribution in [1.29, 1.82) is 0 Å². The molecule has 1 saturated heterocycles. The molecule has 1 aliphatic rings. The Hall–Kier alpha value is -4.31. The van der Waals surface area contributed by atoms with Crippen LogP contribution in [0.25, 0.3) is 0 Å². The van der Waals surface area contributed by atoms with Crippen molar-refractivity contribution in [3.05, 3.63) is 78.4 Å². The van der Waals surface area contributed by atoms with E-state index in [0.29, 0.717) is 16.9 Å². The summed E-state index contributed by atoms with van der Waals surface area (Å²) in [5.41, 5.74) is 1.68. The molecule has 0 spiro atoms. The summed E-state index contributed by atoms with van der Waals surface area (Å²) in [4.78, 5) is 27.1. The van der Waals surface area contributed by atoms with E-state index in [9.17, 15) is 19.8 Å². The fourth-order valence-corrected chi connectivity index (χ4v) is 4.45.